The highest BCUT2D eigenvalue weighted by atomic mass is 16.1. The SMILES string of the molecule is CCC(CC)(CN)NC(=O)CCc1ccncc1. The second-order valence-electron chi connectivity index (χ2n) is 4.60. The van der Waals surface area contributed by atoms with Crippen molar-refractivity contribution in [3.05, 3.63) is 30.1 Å². The van der Waals surface area contributed by atoms with Crippen LogP contribution in [0.2, 0.25) is 0 Å². The Labute approximate surface area is 109 Å². The molecule has 1 heterocycles. The van der Waals surface area contributed by atoms with Gasteiger partial charge >= 0.3 is 0 Å². The molecule has 0 aliphatic carbocycles. The molecule has 0 unspecified atom stereocenters. The molecule has 0 atom stereocenters. The highest BCUT2D eigenvalue weighted by molar-refractivity contribution is 5.77. The molecular formula is C14H23N3O. The fourth-order valence-electron chi connectivity index (χ4n) is 1.93. The van der Waals surface area contributed by atoms with Crippen LogP contribution >= 0.6 is 0 Å². The Bertz CT molecular complexity index is 352. The summed E-state index contributed by atoms with van der Waals surface area (Å²) in [6, 6.07) is 3.87. The van der Waals surface area contributed by atoms with E-state index in [9.17, 15) is 4.79 Å². The van der Waals surface area contributed by atoms with E-state index in [2.05, 4.69) is 24.1 Å². The number of pyridine rings is 1. The summed E-state index contributed by atoms with van der Waals surface area (Å²) in [7, 11) is 0. The number of nitrogens with two attached hydrogens (primary N) is 1. The van der Waals surface area contributed by atoms with Crippen molar-refractivity contribution < 1.29 is 4.79 Å². The predicted octanol–water partition coefficient (Wildman–Crippen LogP) is 1.65. The highest BCUT2D eigenvalue weighted by Crippen LogP contribution is 2.13. The Morgan fingerprint density at radius 3 is 2.44 bits per heavy atom. The summed E-state index contributed by atoms with van der Waals surface area (Å²) < 4.78 is 0. The first-order valence-electron chi connectivity index (χ1n) is 6.55. The van der Waals surface area contributed by atoms with Crippen molar-refractivity contribution in [2.75, 3.05) is 6.54 Å². The number of aromatic nitrogens is 1. The van der Waals surface area contributed by atoms with Gasteiger partial charge in [0.1, 0.15) is 0 Å². The summed E-state index contributed by atoms with van der Waals surface area (Å²) in [6.07, 6.45) is 6.45. The zero-order valence-corrected chi connectivity index (χ0v) is 11.3. The van der Waals surface area contributed by atoms with Crippen LogP contribution in [-0.2, 0) is 11.2 Å². The van der Waals surface area contributed by atoms with Crippen molar-refractivity contribution in [2.45, 2.75) is 45.1 Å². The Morgan fingerprint density at radius 2 is 1.94 bits per heavy atom. The predicted molar refractivity (Wildman–Crippen MR) is 73.1 cm³/mol. The number of aryl methyl sites for hydroxylation is 1. The molecule has 0 aliphatic heterocycles. The van der Waals surface area contributed by atoms with Crippen LogP contribution < -0.4 is 11.1 Å². The van der Waals surface area contributed by atoms with Gasteiger partial charge in [0, 0.05) is 25.4 Å². The first kappa shape index (κ1) is 14.6. The van der Waals surface area contributed by atoms with E-state index in [-0.39, 0.29) is 11.4 Å². The molecule has 0 radical (unpaired) electrons. The second kappa shape index (κ2) is 7.11. The van der Waals surface area contributed by atoms with Gasteiger partial charge in [-0.25, -0.2) is 0 Å². The zero-order valence-electron chi connectivity index (χ0n) is 11.3. The molecule has 1 rings (SSSR count). The lowest BCUT2D eigenvalue weighted by atomic mass is 9.92. The van der Waals surface area contributed by atoms with Gasteiger partial charge in [-0.05, 0) is 37.0 Å². The van der Waals surface area contributed by atoms with E-state index >= 15 is 0 Å². The van der Waals surface area contributed by atoms with Gasteiger partial charge in [-0.15, -0.1) is 0 Å². The Balaban J connectivity index is 2.46. The first-order valence-corrected chi connectivity index (χ1v) is 6.55. The molecule has 100 valence electrons. The summed E-state index contributed by atoms with van der Waals surface area (Å²) in [4.78, 5) is 15.9. The van der Waals surface area contributed by atoms with Crippen LogP contribution in [0.25, 0.3) is 0 Å². The molecule has 0 aromatic carbocycles. The van der Waals surface area contributed by atoms with Crippen LogP contribution in [-0.4, -0.2) is 23.0 Å². The van der Waals surface area contributed by atoms with Gasteiger partial charge in [-0.1, -0.05) is 13.8 Å². The van der Waals surface area contributed by atoms with Crippen LogP contribution in [0.4, 0.5) is 0 Å². The number of carbonyl (C=O) groups excluding carboxylic acids is 1. The molecule has 1 aromatic heterocycles. The molecule has 18 heavy (non-hydrogen) atoms. The van der Waals surface area contributed by atoms with Crippen LogP contribution in [0.3, 0.4) is 0 Å². The summed E-state index contributed by atoms with van der Waals surface area (Å²) >= 11 is 0. The van der Waals surface area contributed by atoms with E-state index in [1.54, 1.807) is 12.4 Å². The Kier molecular flexibility index (Phi) is 5.78. The molecule has 0 saturated heterocycles. The van der Waals surface area contributed by atoms with Crippen LogP contribution in [0.5, 0.6) is 0 Å². The van der Waals surface area contributed by atoms with E-state index in [1.165, 1.54) is 0 Å². The quantitative estimate of drug-likeness (QED) is 0.772. The third-order valence-electron chi connectivity index (χ3n) is 3.54. The summed E-state index contributed by atoms with van der Waals surface area (Å²) in [5, 5.41) is 3.07. The number of hydrogen-bond acceptors (Lipinski definition) is 3. The van der Waals surface area contributed by atoms with Gasteiger partial charge in [0.15, 0.2) is 0 Å². The highest BCUT2D eigenvalue weighted by Gasteiger charge is 2.25. The maximum atomic E-state index is 11.9. The third-order valence-corrected chi connectivity index (χ3v) is 3.54. The standard InChI is InChI=1S/C14H23N3O/c1-3-14(4-2,11-15)17-13(18)6-5-12-7-9-16-10-8-12/h7-10H,3-6,11,15H2,1-2H3,(H,17,18). The zero-order chi connectivity index (χ0) is 13.4. The van der Waals surface area contributed by atoms with Crippen LogP contribution in [0, 0.1) is 0 Å². The normalized spacial score (nSPS) is 11.3. The average Bonchev–Trinajstić information content (AvgIpc) is 2.44. The number of hydrogen-bond donors (Lipinski definition) is 2. The number of rotatable bonds is 7. The fraction of sp³-hybridized carbons (Fsp3) is 0.571. The molecule has 3 N–H and O–H groups in total. The van der Waals surface area contributed by atoms with Gasteiger partial charge in [-0.2, -0.15) is 0 Å². The summed E-state index contributed by atoms with van der Waals surface area (Å²) in [5.74, 6) is 0.0703. The van der Waals surface area contributed by atoms with Gasteiger partial charge in [-0.3, -0.25) is 9.78 Å². The number of nitrogens with one attached hydrogen (secondary N) is 1. The van der Waals surface area contributed by atoms with Crippen molar-refractivity contribution in [3.8, 4) is 0 Å². The lowest BCUT2D eigenvalue weighted by Gasteiger charge is -2.31. The minimum Gasteiger partial charge on any atom is -0.349 e. The second-order valence-corrected chi connectivity index (χ2v) is 4.60. The van der Waals surface area contributed by atoms with Gasteiger partial charge in [0.2, 0.25) is 5.91 Å². The van der Waals surface area contributed by atoms with E-state index in [0.29, 0.717) is 13.0 Å². The average molecular weight is 249 g/mol. The van der Waals surface area contributed by atoms with E-state index in [4.69, 9.17) is 5.73 Å². The molecule has 0 saturated carbocycles. The molecule has 1 aromatic rings. The van der Waals surface area contributed by atoms with Gasteiger partial charge in [0.25, 0.3) is 0 Å². The minimum atomic E-state index is -0.241. The van der Waals surface area contributed by atoms with Crippen LogP contribution in [0.15, 0.2) is 24.5 Å². The molecule has 1 amide bonds. The lowest BCUT2D eigenvalue weighted by Crippen LogP contribution is -2.52. The number of nitrogens with zero attached hydrogens (tertiary/aromatic N) is 1. The number of carbonyl (C=O) groups is 1. The minimum absolute atomic E-state index is 0.0703. The van der Waals surface area contributed by atoms with Crippen molar-refractivity contribution in [2.24, 2.45) is 5.73 Å². The molecule has 0 fully saturated rings. The number of amides is 1. The maximum Gasteiger partial charge on any atom is 0.220 e. The summed E-state index contributed by atoms with van der Waals surface area (Å²) in [5.41, 5.74) is 6.65. The largest absolute Gasteiger partial charge is 0.349 e. The molecule has 0 aliphatic rings. The fourth-order valence-corrected chi connectivity index (χ4v) is 1.93. The van der Waals surface area contributed by atoms with Crippen molar-refractivity contribution in [1.82, 2.24) is 10.3 Å². The molecule has 0 spiro atoms. The van der Waals surface area contributed by atoms with Crippen molar-refractivity contribution >= 4 is 5.91 Å². The van der Waals surface area contributed by atoms with Crippen LogP contribution in [0.1, 0.15) is 38.7 Å². The van der Waals surface area contributed by atoms with E-state index < -0.39 is 0 Å². The topological polar surface area (TPSA) is 68.0 Å². The molecule has 0 bridgehead atoms. The molecule has 4 heteroatoms. The first-order chi connectivity index (χ1) is 8.65. The Morgan fingerprint density at radius 1 is 1.33 bits per heavy atom. The molecular weight excluding hydrogens is 226 g/mol. The maximum absolute atomic E-state index is 11.9. The lowest BCUT2D eigenvalue weighted by molar-refractivity contribution is -0.123. The van der Waals surface area contributed by atoms with Crippen molar-refractivity contribution in [3.63, 3.8) is 0 Å². The Hall–Kier alpha value is -1.42. The monoisotopic (exact) mass is 249 g/mol. The van der Waals surface area contributed by atoms with Crippen molar-refractivity contribution in [1.29, 1.82) is 0 Å². The van der Waals surface area contributed by atoms with Gasteiger partial charge < -0.3 is 11.1 Å². The molecule has 4 nitrogen and oxygen atoms in total. The summed E-state index contributed by atoms with van der Waals surface area (Å²) in [6.45, 7) is 4.60. The van der Waals surface area contributed by atoms with E-state index in [1.807, 2.05) is 12.1 Å². The van der Waals surface area contributed by atoms with Gasteiger partial charge in [0.05, 0.1) is 5.54 Å². The van der Waals surface area contributed by atoms with E-state index in [0.717, 1.165) is 24.8 Å². The smallest absolute Gasteiger partial charge is 0.220 e. The third kappa shape index (κ3) is 4.11.